The second-order valence-corrected chi connectivity index (χ2v) is 1.53. The summed E-state index contributed by atoms with van der Waals surface area (Å²) in [7, 11) is 0.418. The van der Waals surface area contributed by atoms with Gasteiger partial charge in [0.2, 0.25) is 0 Å². The minimum absolute atomic E-state index is 0.418. The molecule has 0 amide bonds. The molecule has 0 aliphatic carbocycles. The van der Waals surface area contributed by atoms with Crippen LogP contribution in [0.15, 0.2) is 17.9 Å². The summed E-state index contributed by atoms with van der Waals surface area (Å²) in [4.78, 5) is 0. The quantitative estimate of drug-likeness (QED) is 0.247. The monoisotopic (exact) mass is 102 g/mol. The summed E-state index contributed by atoms with van der Waals surface area (Å²) in [6, 6.07) is 0. The number of nitrogens with zero attached hydrogens (tertiary/aromatic N) is 2. The predicted molar refractivity (Wildman–Crippen MR) is 26.2 cm³/mol. The Balaban J connectivity index is 3.41. The van der Waals surface area contributed by atoms with Crippen LogP contribution in [0.3, 0.4) is 0 Å². The van der Waals surface area contributed by atoms with Crippen molar-refractivity contribution in [2.45, 2.75) is 0 Å². The van der Waals surface area contributed by atoms with Crippen molar-refractivity contribution in [1.29, 1.82) is 0 Å². The van der Waals surface area contributed by atoms with Crippen molar-refractivity contribution in [3.05, 3.63) is 18.0 Å². The van der Waals surface area contributed by atoms with Gasteiger partial charge in [0.1, 0.15) is 0 Å². The third-order valence-electron chi connectivity index (χ3n) is 0.244. The van der Waals surface area contributed by atoms with Crippen molar-refractivity contribution in [1.82, 2.24) is 0 Å². The molecule has 0 spiro atoms. The molecule has 0 unspecified atom stereocenters. The van der Waals surface area contributed by atoms with E-state index in [9.17, 15) is 5.21 Å². The highest BCUT2D eigenvalue weighted by atomic mass is 28.2. The fourth-order valence-electron chi connectivity index (χ4n) is 0.115. The fraction of sp³-hybridized carbons (Fsp3) is 0. The van der Waals surface area contributed by atoms with E-state index in [0.29, 0.717) is 14.9 Å². The Kier molecular flexibility index (Phi) is 2.31. The van der Waals surface area contributed by atoms with E-state index in [0.717, 1.165) is 0 Å². The highest BCUT2D eigenvalue weighted by Crippen LogP contribution is 1.64. The second-order valence-electron chi connectivity index (χ2n) is 0.762. The van der Waals surface area contributed by atoms with Gasteiger partial charge in [0, 0.05) is 0 Å². The summed E-state index contributed by atoms with van der Waals surface area (Å²) in [5.74, 6) is 0. The topological polar surface area (TPSA) is 38.4 Å². The molecule has 0 atom stereocenters. The second kappa shape index (κ2) is 2.59. The lowest BCUT2D eigenvalue weighted by Crippen LogP contribution is -1.87. The third-order valence-corrected chi connectivity index (χ3v) is 0.475. The van der Waals surface area contributed by atoms with E-state index in [4.69, 9.17) is 0 Å². The summed E-state index contributed by atoms with van der Waals surface area (Å²) in [6.07, 6.45) is 1.22. The van der Waals surface area contributed by atoms with E-state index in [2.05, 4.69) is 11.7 Å². The molecular formula is C2H6N2OSi. The van der Waals surface area contributed by atoms with E-state index in [1.54, 1.807) is 0 Å². The van der Waals surface area contributed by atoms with Crippen LogP contribution in [0.25, 0.3) is 0 Å². The Morgan fingerprint density at radius 3 is 2.50 bits per heavy atom. The molecule has 0 bridgehead atoms. The molecule has 3 nitrogen and oxygen atoms in total. The molecule has 4 heteroatoms. The summed E-state index contributed by atoms with van der Waals surface area (Å²) in [6.45, 7) is 3.21. The maximum absolute atomic E-state index is 9.78. The van der Waals surface area contributed by atoms with Gasteiger partial charge in [0.05, 0.1) is 6.20 Å². The van der Waals surface area contributed by atoms with Crippen molar-refractivity contribution in [2.24, 2.45) is 5.11 Å². The highest BCUT2D eigenvalue weighted by Gasteiger charge is 1.63. The van der Waals surface area contributed by atoms with Gasteiger partial charge in [-0.25, -0.2) is 0 Å². The molecule has 6 heavy (non-hydrogen) atoms. The zero-order chi connectivity index (χ0) is 4.99. The molecule has 0 aliphatic heterocycles. The first-order valence-corrected chi connectivity index (χ1v) is 2.39. The van der Waals surface area contributed by atoms with Gasteiger partial charge in [-0.3, -0.25) is 0 Å². The molecule has 34 valence electrons. The van der Waals surface area contributed by atoms with E-state index in [-0.39, 0.29) is 0 Å². The average molecular weight is 102 g/mol. The van der Waals surface area contributed by atoms with Crippen LogP contribution in [0, 0.1) is 5.21 Å². The predicted octanol–water partition coefficient (Wildman–Crippen LogP) is -0.627. The van der Waals surface area contributed by atoms with Crippen molar-refractivity contribution in [3.63, 3.8) is 0 Å². The molecule has 0 rings (SSSR count). The van der Waals surface area contributed by atoms with Crippen molar-refractivity contribution >= 4 is 10.4 Å². The van der Waals surface area contributed by atoms with Crippen LogP contribution in [-0.4, -0.2) is 14.9 Å². The molecule has 0 aliphatic rings. The lowest BCUT2D eigenvalue weighted by molar-refractivity contribution is -0.368. The third kappa shape index (κ3) is 3.36. The van der Waals surface area contributed by atoms with Gasteiger partial charge < -0.3 is 5.21 Å². The van der Waals surface area contributed by atoms with Gasteiger partial charge in [-0.1, -0.05) is 6.58 Å². The Morgan fingerprint density at radius 2 is 2.50 bits per heavy atom. The number of hydrogen-bond acceptors (Lipinski definition) is 2. The maximum atomic E-state index is 9.78. The average Bonchev–Trinajstić information content (AvgIpc) is 1.35. The van der Waals surface area contributed by atoms with Gasteiger partial charge in [0.25, 0.3) is 0 Å². The molecule has 0 fully saturated rings. The van der Waals surface area contributed by atoms with E-state index < -0.39 is 0 Å². The summed E-state index contributed by atoms with van der Waals surface area (Å²) < 4.78 is 0.576. The Hall–Kier alpha value is -0.643. The maximum Gasteiger partial charge on any atom is 0.354 e. The summed E-state index contributed by atoms with van der Waals surface area (Å²) >= 11 is 0. The molecule has 0 aromatic carbocycles. The van der Waals surface area contributed by atoms with E-state index in [1.807, 2.05) is 0 Å². The normalized spacial score (nSPS) is 11.7. The molecule has 0 N–H and O–H groups in total. The van der Waals surface area contributed by atoms with Crippen LogP contribution in [-0.2, 0) is 0 Å². The fourth-order valence-corrected chi connectivity index (χ4v) is 0.278. The highest BCUT2D eigenvalue weighted by molar-refractivity contribution is 5.95. The standard InChI is InChI=1S/C2H6N2OSi/c1-2-3-4(5)6/h2H,1H2,6H3. The van der Waals surface area contributed by atoms with Crippen LogP contribution in [0.1, 0.15) is 0 Å². The minimum atomic E-state index is 0.418. The smallest absolute Gasteiger partial charge is 0.354 e. The molecule has 0 heterocycles. The molecular weight excluding hydrogens is 96.1 g/mol. The van der Waals surface area contributed by atoms with Crippen LogP contribution < -0.4 is 0 Å². The zero-order valence-corrected chi connectivity index (χ0v) is 5.59. The van der Waals surface area contributed by atoms with Gasteiger partial charge in [-0.05, 0) is 5.11 Å². The minimum Gasteiger partial charge on any atom is -0.621 e. The van der Waals surface area contributed by atoms with E-state index in [1.165, 1.54) is 6.20 Å². The van der Waals surface area contributed by atoms with E-state index >= 15 is 0 Å². The molecule has 0 saturated heterocycles. The Morgan fingerprint density at radius 1 is 2.00 bits per heavy atom. The molecule has 0 radical (unpaired) electrons. The Labute approximate surface area is 39.1 Å². The van der Waals surface area contributed by atoms with Crippen LogP contribution in [0.5, 0.6) is 0 Å². The lowest BCUT2D eigenvalue weighted by Gasteiger charge is -1.85. The molecule has 0 saturated carbocycles. The summed E-state index contributed by atoms with van der Waals surface area (Å²) in [5, 5.41) is 13.0. The SMILES string of the molecule is C=CN=[N+]([O-])[SiH3]. The van der Waals surface area contributed by atoms with Crippen molar-refractivity contribution in [3.8, 4) is 0 Å². The van der Waals surface area contributed by atoms with Gasteiger partial charge in [-0.2, -0.15) is 4.53 Å². The first-order valence-electron chi connectivity index (χ1n) is 1.50. The van der Waals surface area contributed by atoms with Gasteiger partial charge in [0.15, 0.2) is 0 Å². The zero-order valence-electron chi connectivity index (χ0n) is 3.59. The molecule has 0 aromatic rings. The first-order chi connectivity index (χ1) is 2.77. The largest absolute Gasteiger partial charge is 0.621 e. The van der Waals surface area contributed by atoms with Crippen LogP contribution in [0.2, 0.25) is 0 Å². The summed E-state index contributed by atoms with van der Waals surface area (Å²) in [5.41, 5.74) is 0. The van der Waals surface area contributed by atoms with Crippen molar-refractivity contribution in [2.75, 3.05) is 0 Å². The first kappa shape index (κ1) is 5.36. The van der Waals surface area contributed by atoms with Crippen LogP contribution in [0.4, 0.5) is 0 Å². The van der Waals surface area contributed by atoms with Gasteiger partial charge in [-0.15, -0.1) is 0 Å². The van der Waals surface area contributed by atoms with Crippen molar-refractivity contribution < 1.29 is 4.53 Å². The Bertz CT molecular complexity index is 75.6. The lowest BCUT2D eigenvalue weighted by atomic mass is 11.1. The molecule has 0 aromatic heterocycles. The van der Waals surface area contributed by atoms with Gasteiger partial charge >= 0.3 is 10.4 Å². The van der Waals surface area contributed by atoms with Crippen LogP contribution >= 0.6 is 0 Å². The number of hydrogen-bond donors (Lipinski definition) is 0. The number of rotatable bonds is 1.